The van der Waals surface area contributed by atoms with Crippen LogP contribution in [0.2, 0.25) is 0 Å². The van der Waals surface area contributed by atoms with Crippen LogP contribution in [0.3, 0.4) is 0 Å². The van der Waals surface area contributed by atoms with Gasteiger partial charge in [-0.25, -0.2) is 0 Å². The lowest BCUT2D eigenvalue weighted by atomic mass is 9.74. The molecule has 1 heterocycles. The molecule has 13 heavy (non-hydrogen) atoms. The van der Waals surface area contributed by atoms with Gasteiger partial charge in [-0.3, -0.25) is 0 Å². The lowest BCUT2D eigenvalue weighted by Crippen LogP contribution is -2.61. The SMILES string of the molecule is C1CC2CCC3NCCNC3C2C1. The summed E-state index contributed by atoms with van der Waals surface area (Å²) in [5.41, 5.74) is 0. The van der Waals surface area contributed by atoms with E-state index in [9.17, 15) is 0 Å². The quantitative estimate of drug-likeness (QED) is 0.584. The molecule has 0 radical (unpaired) electrons. The minimum atomic E-state index is 0.799. The Morgan fingerprint density at radius 2 is 1.77 bits per heavy atom. The van der Waals surface area contributed by atoms with Gasteiger partial charge in [0.25, 0.3) is 0 Å². The van der Waals surface area contributed by atoms with Gasteiger partial charge in [-0.1, -0.05) is 12.8 Å². The number of nitrogens with one attached hydrogen (secondary N) is 2. The highest BCUT2D eigenvalue weighted by Gasteiger charge is 2.42. The van der Waals surface area contributed by atoms with Crippen LogP contribution < -0.4 is 10.6 Å². The van der Waals surface area contributed by atoms with E-state index in [0.29, 0.717) is 0 Å². The molecule has 0 amide bonds. The van der Waals surface area contributed by atoms with Crippen molar-refractivity contribution < 1.29 is 0 Å². The summed E-state index contributed by atoms with van der Waals surface area (Å²) in [7, 11) is 0. The summed E-state index contributed by atoms with van der Waals surface area (Å²) in [5, 5.41) is 7.40. The van der Waals surface area contributed by atoms with Gasteiger partial charge in [0.2, 0.25) is 0 Å². The first-order chi connectivity index (χ1) is 6.45. The predicted molar refractivity (Wildman–Crippen MR) is 53.6 cm³/mol. The Balaban J connectivity index is 1.77. The number of hydrogen-bond acceptors (Lipinski definition) is 2. The third-order valence-corrected chi connectivity index (χ3v) is 4.37. The standard InChI is InChI=1S/C11H20N2/c1-2-8-4-5-10-11(9(8)3-1)13-7-6-12-10/h8-13H,1-7H2. The average Bonchev–Trinajstić information content (AvgIpc) is 2.65. The smallest absolute Gasteiger partial charge is 0.0252 e. The van der Waals surface area contributed by atoms with E-state index in [-0.39, 0.29) is 0 Å². The van der Waals surface area contributed by atoms with E-state index in [1.807, 2.05) is 0 Å². The summed E-state index contributed by atoms with van der Waals surface area (Å²) < 4.78 is 0. The lowest BCUT2D eigenvalue weighted by Gasteiger charge is -2.44. The van der Waals surface area contributed by atoms with E-state index < -0.39 is 0 Å². The van der Waals surface area contributed by atoms with E-state index in [2.05, 4.69) is 10.6 Å². The summed E-state index contributed by atoms with van der Waals surface area (Å²) >= 11 is 0. The monoisotopic (exact) mass is 180 g/mol. The molecule has 2 N–H and O–H groups in total. The topological polar surface area (TPSA) is 24.1 Å². The van der Waals surface area contributed by atoms with Gasteiger partial charge in [0.1, 0.15) is 0 Å². The fourth-order valence-electron chi connectivity index (χ4n) is 3.79. The molecule has 0 aromatic rings. The van der Waals surface area contributed by atoms with Gasteiger partial charge in [0.05, 0.1) is 0 Å². The summed E-state index contributed by atoms with van der Waals surface area (Å²) in [6.45, 7) is 2.36. The van der Waals surface area contributed by atoms with Crippen molar-refractivity contribution in [2.45, 2.75) is 44.2 Å². The van der Waals surface area contributed by atoms with Crippen LogP contribution in [0.4, 0.5) is 0 Å². The van der Waals surface area contributed by atoms with Crippen molar-refractivity contribution in [3.8, 4) is 0 Å². The Morgan fingerprint density at radius 1 is 0.846 bits per heavy atom. The number of rotatable bonds is 0. The zero-order valence-corrected chi connectivity index (χ0v) is 8.26. The third-order valence-electron chi connectivity index (χ3n) is 4.37. The summed E-state index contributed by atoms with van der Waals surface area (Å²) in [5.74, 6) is 2.07. The van der Waals surface area contributed by atoms with Crippen LogP contribution in [0, 0.1) is 11.8 Å². The van der Waals surface area contributed by atoms with Gasteiger partial charge in [-0.05, 0) is 31.1 Å². The van der Waals surface area contributed by atoms with Gasteiger partial charge in [0.15, 0.2) is 0 Å². The molecule has 1 saturated heterocycles. The van der Waals surface area contributed by atoms with Gasteiger partial charge in [0, 0.05) is 25.2 Å². The molecule has 0 spiro atoms. The minimum Gasteiger partial charge on any atom is -0.311 e. The Labute approximate surface area is 80.5 Å². The molecule has 0 bridgehead atoms. The molecule has 2 aliphatic carbocycles. The molecule has 2 saturated carbocycles. The van der Waals surface area contributed by atoms with Crippen LogP contribution in [-0.4, -0.2) is 25.2 Å². The number of fused-ring (bicyclic) bond motifs is 3. The average molecular weight is 180 g/mol. The molecule has 4 atom stereocenters. The molecule has 4 unspecified atom stereocenters. The van der Waals surface area contributed by atoms with E-state index in [1.165, 1.54) is 45.2 Å². The first-order valence-electron chi connectivity index (χ1n) is 5.92. The van der Waals surface area contributed by atoms with Crippen molar-refractivity contribution in [2.75, 3.05) is 13.1 Å². The van der Waals surface area contributed by atoms with Crippen LogP contribution in [0.1, 0.15) is 32.1 Å². The van der Waals surface area contributed by atoms with Crippen LogP contribution in [0.25, 0.3) is 0 Å². The van der Waals surface area contributed by atoms with Crippen molar-refractivity contribution in [1.82, 2.24) is 10.6 Å². The van der Waals surface area contributed by atoms with E-state index in [1.54, 1.807) is 0 Å². The maximum absolute atomic E-state index is 3.73. The van der Waals surface area contributed by atoms with Gasteiger partial charge >= 0.3 is 0 Å². The van der Waals surface area contributed by atoms with Gasteiger partial charge in [-0.15, -0.1) is 0 Å². The second kappa shape index (κ2) is 3.25. The molecular weight excluding hydrogens is 160 g/mol. The van der Waals surface area contributed by atoms with Crippen LogP contribution in [0.5, 0.6) is 0 Å². The second-order valence-electron chi connectivity index (χ2n) is 4.97. The molecule has 2 heteroatoms. The van der Waals surface area contributed by atoms with Crippen molar-refractivity contribution in [2.24, 2.45) is 11.8 Å². The van der Waals surface area contributed by atoms with Gasteiger partial charge in [-0.2, -0.15) is 0 Å². The van der Waals surface area contributed by atoms with E-state index >= 15 is 0 Å². The first kappa shape index (κ1) is 8.25. The molecule has 3 aliphatic rings. The van der Waals surface area contributed by atoms with E-state index in [0.717, 1.165) is 23.9 Å². The largest absolute Gasteiger partial charge is 0.311 e. The third kappa shape index (κ3) is 1.31. The molecule has 0 aromatic carbocycles. The Kier molecular flexibility index (Phi) is 2.06. The van der Waals surface area contributed by atoms with Gasteiger partial charge < -0.3 is 10.6 Å². The Morgan fingerprint density at radius 3 is 2.77 bits per heavy atom. The van der Waals surface area contributed by atoms with Crippen LogP contribution in [-0.2, 0) is 0 Å². The Hall–Kier alpha value is -0.0800. The maximum atomic E-state index is 3.73. The molecule has 0 aromatic heterocycles. The van der Waals surface area contributed by atoms with Crippen molar-refractivity contribution in [3.63, 3.8) is 0 Å². The van der Waals surface area contributed by atoms with E-state index in [4.69, 9.17) is 0 Å². The molecule has 1 aliphatic heterocycles. The first-order valence-corrected chi connectivity index (χ1v) is 5.92. The molecule has 74 valence electrons. The van der Waals surface area contributed by atoms with Crippen molar-refractivity contribution in [1.29, 1.82) is 0 Å². The lowest BCUT2D eigenvalue weighted by molar-refractivity contribution is 0.142. The zero-order chi connectivity index (χ0) is 8.67. The molecule has 2 nitrogen and oxygen atoms in total. The van der Waals surface area contributed by atoms with Crippen LogP contribution >= 0.6 is 0 Å². The normalized spacial score (nSPS) is 49.8. The highest BCUT2D eigenvalue weighted by Crippen LogP contribution is 2.42. The highest BCUT2D eigenvalue weighted by molar-refractivity contribution is 5.00. The molecular formula is C11H20N2. The highest BCUT2D eigenvalue weighted by atomic mass is 15.1. The predicted octanol–water partition coefficient (Wildman–Crippen LogP) is 1.13. The summed E-state index contributed by atoms with van der Waals surface area (Å²) in [4.78, 5) is 0. The zero-order valence-electron chi connectivity index (χ0n) is 8.26. The van der Waals surface area contributed by atoms with Crippen LogP contribution in [0.15, 0.2) is 0 Å². The fourth-order valence-corrected chi connectivity index (χ4v) is 3.79. The second-order valence-corrected chi connectivity index (χ2v) is 4.97. The maximum Gasteiger partial charge on any atom is 0.0252 e. The molecule has 3 rings (SSSR count). The van der Waals surface area contributed by atoms with Crippen molar-refractivity contribution in [3.05, 3.63) is 0 Å². The fraction of sp³-hybridized carbons (Fsp3) is 1.00. The minimum absolute atomic E-state index is 0.799. The Bertz CT molecular complexity index is 193. The number of hydrogen-bond donors (Lipinski definition) is 2. The number of piperazine rings is 1. The summed E-state index contributed by atoms with van der Waals surface area (Å²) in [6.07, 6.45) is 7.38. The summed E-state index contributed by atoms with van der Waals surface area (Å²) in [6, 6.07) is 1.61. The molecule has 3 fully saturated rings. The van der Waals surface area contributed by atoms with Crippen molar-refractivity contribution >= 4 is 0 Å².